The first-order chi connectivity index (χ1) is 14.3. The van der Waals surface area contributed by atoms with Gasteiger partial charge in [0.1, 0.15) is 11.5 Å². The van der Waals surface area contributed by atoms with E-state index < -0.39 is 23.7 Å². The van der Waals surface area contributed by atoms with E-state index in [-0.39, 0.29) is 30.7 Å². The number of carboxylic acid groups (broad SMARTS) is 1. The number of aliphatic hydroxyl groups is 1. The van der Waals surface area contributed by atoms with E-state index in [0.717, 1.165) is 0 Å². The molecular weight excluding hydrogens is 410 g/mol. The fourth-order valence-electron chi connectivity index (χ4n) is 3.41. The molecule has 0 spiro atoms. The maximum atomic E-state index is 12.8. The van der Waals surface area contributed by atoms with Gasteiger partial charge in [-0.25, -0.2) is 0 Å². The van der Waals surface area contributed by atoms with Crippen LogP contribution in [0.4, 0.5) is 0 Å². The molecule has 1 fully saturated rings. The summed E-state index contributed by atoms with van der Waals surface area (Å²) in [6.07, 6.45) is 0.0332. The number of halogens is 1. The third kappa shape index (κ3) is 4.31. The number of nitrogens with zero attached hydrogens (tertiary/aromatic N) is 1. The van der Waals surface area contributed by atoms with Gasteiger partial charge in [-0.2, -0.15) is 0 Å². The molecule has 7 nitrogen and oxygen atoms in total. The van der Waals surface area contributed by atoms with Gasteiger partial charge in [-0.15, -0.1) is 0 Å². The molecule has 1 aliphatic rings. The molecule has 1 aliphatic heterocycles. The minimum absolute atomic E-state index is 0.0529. The number of carbonyl (C=O) groups is 3. The zero-order valence-corrected chi connectivity index (χ0v) is 16.9. The molecule has 1 amide bonds. The van der Waals surface area contributed by atoms with Crippen molar-refractivity contribution >= 4 is 35.0 Å². The number of Topliss-reactive ketones (excluding diaryl/α,β-unsaturated/α-hetero) is 1. The van der Waals surface area contributed by atoms with Crippen molar-refractivity contribution in [3.05, 3.63) is 70.3 Å². The fraction of sp³-hybridized carbons (Fsp3) is 0.227. The van der Waals surface area contributed by atoms with E-state index in [9.17, 15) is 19.5 Å². The van der Waals surface area contributed by atoms with Crippen molar-refractivity contribution in [3.8, 4) is 5.75 Å². The lowest BCUT2D eigenvalue weighted by atomic mass is 9.95. The van der Waals surface area contributed by atoms with Crippen LogP contribution in [0.15, 0.2) is 54.1 Å². The molecule has 0 unspecified atom stereocenters. The third-order valence-electron chi connectivity index (χ3n) is 4.88. The Labute approximate surface area is 178 Å². The molecule has 0 saturated carbocycles. The third-order valence-corrected chi connectivity index (χ3v) is 5.13. The van der Waals surface area contributed by atoms with Gasteiger partial charge in [0.15, 0.2) is 0 Å². The molecule has 156 valence electrons. The predicted molar refractivity (Wildman–Crippen MR) is 110 cm³/mol. The minimum Gasteiger partial charge on any atom is -0.507 e. The average molecular weight is 430 g/mol. The van der Waals surface area contributed by atoms with Crippen LogP contribution in [0.3, 0.4) is 0 Å². The van der Waals surface area contributed by atoms with E-state index in [4.69, 9.17) is 21.4 Å². The van der Waals surface area contributed by atoms with Crippen LogP contribution in [-0.2, 0) is 14.4 Å². The summed E-state index contributed by atoms with van der Waals surface area (Å²) in [5.74, 6) is -2.31. The molecular formula is C22H20ClNO6. The first kappa shape index (κ1) is 21.4. The number of ether oxygens (including phenoxy) is 1. The van der Waals surface area contributed by atoms with E-state index in [1.807, 2.05) is 0 Å². The summed E-state index contributed by atoms with van der Waals surface area (Å²) in [5.41, 5.74) is 0.894. The maximum Gasteiger partial charge on any atom is 0.303 e. The molecule has 2 N–H and O–H groups in total. The number of hydrogen-bond donors (Lipinski definition) is 2. The van der Waals surface area contributed by atoms with Crippen LogP contribution in [0.25, 0.3) is 5.76 Å². The molecule has 0 bridgehead atoms. The number of aliphatic carboxylic acids is 1. The maximum absolute atomic E-state index is 12.8. The Kier molecular flexibility index (Phi) is 6.42. The standard InChI is InChI=1S/C22H20ClNO6/c1-30-16-10-6-13(7-11-16)19-18(20(27)14-4-8-15(23)9-5-14)21(28)22(29)24(19)12-2-3-17(25)26/h4-11,19,27H,2-3,12H2,1H3,(H,25,26)/t19-/m1/s1. The minimum atomic E-state index is -0.992. The van der Waals surface area contributed by atoms with Crippen molar-refractivity contribution in [3.63, 3.8) is 0 Å². The Morgan fingerprint density at radius 2 is 1.70 bits per heavy atom. The Morgan fingerprint density at radius 3 is 2.27 bits per heavy atom. The lowest BCUT2D eigenvalue weighted by Crippen LogP contribution is -2.31. The van der Waals surface area contributed by atoms with Gasteiger partial charge < -0.3 is 19.8 Å². The van der Waals surface area contributed by atoms with Crippen LogP contribution < -0.4 is 4.74 Å². The quantitative estimate of drug-likeness (QED) is 0.395. The normalized spacial score (nSPS) is 17.9. The van der Waals surface area contributed by atoms with E-state index in [2.05, 4.69) is 0 Å². The number of carboxylic acids is 1. The molecule has 0 aliphatic carbocycles. The lowest BCUT2D eigenvalue weighted by Gasteiger charge is -2.25. The summed E-state index contributed by atoms with van der Waals surface area (Å²) in [6.45, 7) is 0.0605. The number of methoxy groups -OCH3 is 1. The molecule has 3 rings (SSSR count). The van der Waals surface area contributed by atoms with Crippen LogP contribution in [0, 0.1) is 0 Å². The van der Waals surface area contributed by atoms with Crippen LogP contribution in [0.2, 0.25) is 5.02 Å². The number of benzene rings is 2. The summed E-state index contributed by atoms with van der Waals surface area (Å²) in [6, 6.07) is 12.2. The molecule has 2 aromatic carbocycles. The van der Waals surface area contributed by atoms with Gasteiger partial charge in [-0.05, 0) is 48.4 Å². The molecule has 1 atom stereocenters. The van der Waals surface area contributed by atoms with Crippen molar-refractivity contribution in [1.29, 1.82) is 0 Å². The van der Waals surface area contributed by atoms with E-state index >= 15 is 0 Å². The van der Waals surface area contributed by atoms with Crippen LogP contribution >= 0.6 is 11.6 Å². The van der Waals surface area contributed by atoms with Crippen molar-refractivity contribution in [2.75, 3.05) is 13.7 Å². The highest BCUT2D eigenvalue weighted by atomic mass is 35.5. The number of ketones is 1. The van der Waals surface area contributed by atoms with Gasteiger partial charge >= 0.3 is 5.97 Å². The second kappa shape index (κ2) is 9.00. The van der Waals surface area contributed by atoms with Gasteiger partial charge in [0.2, 0.25) is 0 Å². The molecule has 8 heteroatoms. The van der Waals surface area contributed by atoms with Crippen LogP contribution in [0.5, 0.6) is 5.75 Å². The van der Waals surface area contributed by atoms with Crippen molar-refractivity contribution in [2.45, 2.75) is 18.9 Å². The monoisotopic (exact) mass is 429 g/mol. The Morgan fingerprint density at radius 1 is 1.07 bits per heavy atom. The molecule has 0 radical (unpaired) electrons. The summed E-state index contributed by atoms with van der Waals surface area (Å²) >= 11 is 5.90. The Bertz CT molecular complexity index is 997. The Balaban J connectivity index is 2.08. The van der Waals surface area contributed by atoms with E-state index in [0.29, 0.717) is 21.9 Å². The van der Waals surface area contributed by atoms with Gasteiger partial charge in [0.25, 0.3) is 11.7 Å². The molecule has 1 saturated heterocycles. The number of amides is 1. The van der Waals surface area contributed by atoms with Gasteiger partial charge in [0, 0.05) is 23.6 Å². The zero-order chi connectivity index (χ0) is 21.8. The highest BCUT2D eigenvalue weighted by Crippen LogP contribution is 2.40. The summed E-state index contributed by atoms with van der Waals surface area (Å²) < 4.78 is 5.16. The highest BCUT2D eigenvalue weighted by Gasteiger charge is 2.45. The van der Waals surface area contributed by atoms with Gasteiger partial charge in [0.05, 0.1) is 18.7 Å². The van der Waals surface area contributed by atoms with Gasteiger partial charge in [-0.3, -0.25) is 14.4 Å². The first-order valence-corrected chi connectivity index (χ1v) is 9.61. The highest BCUT2D eigenvalue weighted by molar-refractivity contribution is 6.46. The van der Waals surface area contributed by atoms with Crippen LogP contribution in [-0.4, -0.2) is 46.4 Å². The number of hydrogen-bond acceptors (Lipinski definition) is 5. The summed E-state index contributed by atoms with van der Waals surface area (Å²) in [5, 5.41) is 20.3. The topological polar surface area (TPSA) is 104 Å². The summed E-state index contributed by atoms with van der Waals surface area (Å²) in [4.78, 5) is 37.7. The second-order valence-electron chi connectivity index (χ2n) is 6.77. The largest absolute Gasteiger partial charge is 0.507 e. The SMILES string of the molecule is COc1ccc([C@@H]2C(=C(O)c3ccc(Cl)cc3)C(=O)C(=O)N2CCCC(=O)O)cc1. The average Bonchev–Trinajstić information content (AvgIpc) is 2.98. The number of likely N-dealkylation sites (tertiary alicyclic amines) is 1. The smallest absolute Gasteiger partial charge is 0.303 e. The Hall–Kier alpha value is -3.32. The number of carbonyl (C=O) groups excluding carboxylic acids is 2. The number of rotatable bonds is 7. The van der Waals surface area contributed by atoms with Crippen LogP contribution in [0.1, 0.15) is 30.0 Å². The summed E-state index contributed by atoms with van der Waals surface area (Å²) in [7, 11) is 1.52. The predicted octanol–water partition coefficient (Wildman–Crippen LogP) is 3.64. The molecule has 0 aromatic heterocycles. The molecule has 30 heavy (non-hydrogen) atoms. The van der Waals surface area contributed by atoms with E-state index in [1.165, 1.54) is 12.0 Å². The zero-order valence-electron chi connectivity index (χ0n) is 16.2. The van der Waals surface area contributed by atoms with Crippen molar-refractivity contribution in [2.24, 2.45) is 0 Å². The second-order valence-corrected chi connectivity index (χ2v) is 7.21. The first-order valence-electron chi connectivity index (χ1n) is 9.23. The van der Waals surface area contributed by atoms with Gasteiger partial charge in [-0.1, -0.05) is 23.7 Å². The molecule has 1 heterocycles. The lowest BCUT2D eigenvalue weighted by molar-refractivity contribution is -0.140. The molecule has 2 aromatic rings. The fourth-order valence-corrected chi connectivity index (χ4v) is 3.53. The number of aliphatic hydroxyl groups excluding tert-OH is 1. The van der Waals surface area contributed by atoms with Crippen molar-refractivity contribution in [1.82, 2.24) is 4.90 Å². The van der Waals surface area contributed by atoms with E-state index in [1.54, 1.807) is 48.5 Å². The van der Waals surface area contributed by atoms with Crippen molar-refractivity contribution < 1.29 is 29.3 Å².